The fourth-order valence-electron chi connectivity index (χ4n) is 10.5. The molecule has 0 saturated carbocycles. The average Bonchev–Trinajstić information content (AvgIpc) is 3.42. The molecule has 0 saturated heterocycles. The SMILES string of the molecule is CCCCCCCC/C=C\CCCCCCCCCCCC(=O)OC(COC(=O)CCCCCCCCCCCC)COC(=O)CCCCCCCCCCCCCCCCCCC/C=C\CCCCCCCCCC. The monoisotopic (exact) mass is 1070 g/mol. The Balaban J connectivity index is 4.11. The van der Waals surface area contributed by atoms with Gasteiger partial charge in [-0.1, -0.05) is 321 Å². The van der Waals surface area contributed by atoms with Crippen LogP contribution in [0.3, 0.4) is 0 Å². The second kappa shape index (κ2) is 65.4. The molecule has 0 spiro atoms. The van der Waals surface area contributed by atoms with Gasteiger partial charge in [0.25, 0.3) is 0 Å². The predicted octanol–water partition coefficient (Wildman–Crippen LogP) is 23.4. The maximum Gasteiger partial charge on any atom is 0.306 e. The van der Waals surface area contributed by atoms with Gasteiger partial charge in [-0.15, -0.1) is 0 Å². The lowest BCUT2D eigenvalue weighted by Gasteiger charge is -2.18. The standard InChI is InChI=1S/C70H132O6/c1-4-7-10-13-16-19-22-24-26-28-30-31-32-33-34-35-36-37-38-39-41-42-44-46-48-51-54-57-60-63-69(72)75-66-67(65-74-68(71)62-59-56-53-50-21-18-15-12-9-6-3)76-70(73)64-61-58-55-52-49-47-45-43-40-29-27-25-23-20-17-14-11-8-5-2/h25,27-28,30,67H,4-24,26,29,31-66H2,1-3H3/b27-25-,30-28-. The van der Waals surface area contributed by atoms with E-state index >= 15 is 0 Å². The van der Waals surface area contributed by atoms with Crippen molar-refractivity contribution in [2.75, 3.05) is 13.2 Å². The summed E-state index contributed by atoms with van der Waals surface area (Å²) in [5.41, 5.74) is 0. The molecule has 6 nitrogen and oxygen atoms in total. The van der Waals surface area contributed by atoms with Crippen LogP contribution in [0.5, 0.6) is 0 Å². The van der Waals surface area contributed by atoms with E-state index in [2.05, 4.69) is 45.1 Å². The third-order valence-corrected chi connectivity index (χ3v) is 15.7. The van der Waals surface area contributed by atoms with Gasteiger partial charge in [0.1, 0.15) is 13.2 Å². The van der Waals surface area contributed by atoms with Gasteiger partial charge in [-0.05, 0) is 70.6 Å². The first-order valence-electron chi connectivity index (χ1n) is 34.3. The van der Waals surface area contributed by atoms with Crippen molar-refractivity contribution in [3.05, 3.63) is 24.3 Å². The second-order valence-corrected chi connectivity index (χ2v) is 23.4. The van der Waals surface area contributed by atoms with Gasteiger partial charge in [0, 0.05) is 19.3 Å². The molecule has 0 aromatic rings. The van der Waals surface area contributed by atoms with Crippen molar-refractivity contribution >= 4 is 17.9 Å². The molecule has 0 aromatic heterocycles. The number of rotatable bonds is 64. The van der Waals surface area contributed by atoms with Gasteiger partial charge in [0.2, 0.25) is 0 Å². The summed E-state index contributed by atoms with van der Waals surface area (Å²) in [6, 6.07) is 0. The van der Waals surface area contributed by atoms with Crippen LogP contribution in [0.4, 0.5) is 0 Å². The van der Waals surface area contributed by atoms with Crippen LogP contribution in [-0.2, 0) is 28.6 Å². The van der Waals surface area contributed by atoms with Crippen LogP contribution in [0.1, 0.15) is 387 Å². The Morgan fingerprint density at radius 1 is 0.250 bits per heavy atom. The smallest absolute Gasteiger partial charge is 0.306 e. The van der Waals surface area contributed by atoms with Crippen molar-refractivity contribution in [2.24, 2.45) is 0 Å². The Bertz CT molecular complexity index is 1230. The van der Waals surface area contributed by atoms with Crippen LogP contribution in [0.15, 0.2) is 24.3 Å². The highest BCUT2D eigenvalue weighted by atomic mass is 16.6. The predicted molar refractivity (Wildman–Crippen MR) is 330 cm³/mol. The molecule has 0 amide bonds. The molecule has 448 valence electrons. The number of hydrogen-bond acceptors (Lipinski definition) is 6. The van der Waals surface area contributed by atoms with E-state index in [4.69, 9.17) is 14.2 Å². The molecule has 0 aliphatic rings. The van der Waals surface area contributed by atoms with Crippen LogP contribution >= 0.6 is 0 Å². The van der Waals surface area contributed by atoms with E-state index in [0.717, 1.165) is 57.8 Å². The maximum atomic E-state index is 12.9. The van der Waals surface area contributed by atoms with Gasteiger partial charge in [0.05, 0.1) is 0 Å². The number of hydrogen-bond donors (Lipinski definition) is 0. The molecule has 0 radical (unpaired) electrons. The highest BCUT2D eigenvalue weighted by Gasteiger charge is 2.19. The molecule has 0 aliphatic carbocycles. The van der Waals surface area contributed by atoms with Crippen LogP contribution in [0.2, 0.25) is 0 Å². The van der Waals surface area contributed by atoms with Crippen LogP contribution in [-0.4, -0.2) is 37.2 Å². The number of ether oxygens (including phenoxy) is 3. The van der Waals surface area contributed by atoms with Gasteiger partial charge in [0.15, 0.2) is 6.10 Å². The lowest BCUT2D eigenvalue weighted by Crippen LogP contribution is -2.30. The summed E-state index contributed by atoms with van der Waals surface area (Å²) in [6.07, 6.45) is 79.3. The van der Waals surface area contributed by atoms with E-state index in [1.807, 2.05) is 0 Å². The number of allylic oxidation sites excluding steroid dienone is 4. The number of unbranched alkanes of at least 4 members (excludes halogenated alkanes) is 49. The summed E-state index contributed by atoms with van der Waals surface area (Å²) in [7, 11) is 0. The topological polar surface area (TPSA) is 78.9 Å². The van der Waals surface area contributed by atoms with Crippen molar-refractivity contribution in [1.82, 2.24) is 0 Å². The quantitative estimate of drug-likeness (QED) is 0.0261. The lowest BCUT2D eigenvalue weighted by molar-refractivity contribution is -0.167. The summed E-state index contributed by atoms with van der Waals surface area (Å²) in [4.78, 5) is 38.3. The summed E-state index contributed by atoms with van der Waals surface area (Å²) in [6.45, 7) is 6.69. The minimum Gasteiger partial charge on any atom is -0.462 e. The lowest BCUT2D eigenvalue weighted by atomic mass is 10.0. The zero-order valence-corrected chi connectivity index (χ0v) is 51.6. The van der Waals surface area contributed by atoms with Gasteiger partial charge < -0.3 is 14.2 Å². The summed E-state index contributed by atoms with van der Waals surface area (Å²) < 4.78 is 16.9. The third-order valence-electron chi connectivity index (χ3n) is 15.7. The molecule has 6 heteroatoms. The molecule has 0 rings (SSSR count). The van der Waals surface area contributed by atoms with Gasteiger partial charge in [-0.2, -0.15) is 0 Å². The zero-order valence-electron chi connectivity index (χ0n) is 51.6. The van der Waals surface area contributed by atoms with Gasteiger partial charge >= 0.3 is 17.9 Å². The Labute approximate surface area is 474 Å². The minimum atomic E-state index is -0.768. The molecule has 0 aromatic carbocycles. The van der Waals surface area contributed by atoms with Crippen molar-refractivity contribution < 1.29 is 28.6 Å². The molecule has 0 bridgehead atoms. The molecule has 1 atom stereocenters. The van der Waals surface area contributed by atoms with Crippen molar-refractivity contribution in [2.45, 2.75) is 393 Å². The van der Waals surface area contributed by atoms with Crippen LogP contribution in [0, 0.1) is 0 Å². The number of esters is 3. The van der Waals surface area contributed by atoms with Crippen LogP contribution < -0.4 is 0 Å². The summed E-state index contributed by atoms with van der Waals surface area (Å²) >= 11 is 0. The molecule has 0 N–H and O–H groups in total. The van der Waals surface area contributed by atoms with Crippen LogP contribution in [0.25, 0.3) is 0 Å². The van der Waals surface area contributed by atoms with E-state index in [-0.39, 0.29) is 31.1 Å². The van der Waals surface area contributed by atoms with E-state index in [9.17, 15) is 14.4 Å². The normalized spacial score (nSPS) is 12.1. The Morgan fingerprint density at radius 2 is 0.434 bits per heavy atom. The van der Waals surface area contributed by atoms with Crippen molar-refractivity contribution in [1.29, 1.82) is 0 Å². The largest absolute Gasteiger partial charge is 0.462 e. The van der Waals surface area contributed by atoms with Gasteiger partial charge in [-0.3, -0.25) is 14.4 Å². The van der Waals surface area contributed by atoms with E-state index in [0.29, 0.717) is 19.3 Å². The van der Waals surface area contributed by atoms with E-state index in [1.165, 1.54) is 289 Å². The molecule has 0 heterocycles. The summed E-state index contributed by atoms with van der Waals surface area (Å²) in [5, 5.41) is 0. The first-order chi connectivity index (χ1) is 37.5. The highest BCUT2D eigenvalue weighted by molar-refractivity contribution is 5.71. The molecule has 0 fully saturated rings. The van der Waals surface area contributed by atoms with E-state index < -0.39 is 6.10 Å². The van der Waals surface area contributed by atoms with Crippen molar-refractivity contribution in [3.63, 3.8) is 0 Å². The minimum absolute atomic E-state index is 0.0661. The Kier molecular flexibility index (Phi) is 63.6. The third kappa shape index (κ3) is 62.7. The Morgan fingerprint density at radius 3 is 0.658 bits per heavy atom. The fourth-order valence-corrected chi connectivity index (χ4v) is 10.5. The maximum absolute atomic E-state index is 12.9. The molecule has 76 heavy (non-hydrogen) atoms. The summed E-state index contributed by atoms with van der Waals surface area (Å²) in [5.74, 6) is -0.842. The second-order valence-electron chi connectivity index (χ2n) is 23.4. The molecule has 1 unspecified atom stereocenters. The van der Waals surface area contributed by atoms with Gasteiger partial charge in [-0.25, -0.2) is 0 Å². The van der Waals surface area contributed by atoms with E-state index in [1.54, 1.807) is 0 Å². The first-order valence-corrected chi connectivity index (χ1v) is 34.3. The Hall–Kier alpha value is -2.11. The van der Waals surface area contributed by atoms with Crippen molar-refractivity contribution in [3.8, 4) is 0 Å². The molecular formula is C70H132O6. The zero-order chi connectivity index (χ0) is 55.0. The highest BCUT2D eigenvalue weighted by Crippen LogP contribution is 2.18. The number of carbonyl (C=O) groups excluding carboxylic acids is 3. The molecule has 0 aliphatic heterocycles. The fraction of sp³-hybridized carbons (Fsp3) is 0.900. The molecular weight excluding hydrogens is 937 g/mol. The first kappa shape index (κ1) is 73.9. The average molecular weight is 1070 g/mol. The number of carbonyl (C=O) groups is 3.